The zero-order valence-corrected chi connectivity index (χ0v) is 17.8. The number of fused-ring (bicyclic) bond motifs is 1. The van der Waals surface area contributed by atoms with E-state index in [1.54, 1.807) is 43.3 Å². The molecule has 0 aliphatic carbocycles. The van der Waals surface area contributed by atoms with Crippen LogP contribution in [0.4, 0.5) is 0 Å². The SMILES string of the molecule is CCOC(=O)c1c(C)n(-c2ccccc2)c2ccc(OC(=O)c3ccccc3Cl)cc12. The van der Waals surface area contributed by atoms with Crippen molar-refractivity contribution in [2.45, 2.75) is 13.8 Å². The number of aromatic nitrogens is 1. The number of benzene rings is 3. The molecular weight excluding hydrogens is 414 g/mol. The number of hydrogen-bond donors (Lipinski definition) is 0. The maximum atomic E-state index is 12.8. The van der Waals surface area contributed by atoms with E-state index in [1.807, 2.05) is 47.9 Å². The lowest BCUT2D eigenvalue weighted by atomic mass is 10.1. The maximum absolute atomic E-state index is 12.8. The second-order valence-corrected chi connectivity index (χ2v) is 7.31. The van der Waals surface area contributed by atoms with Gasteiger partial charge >= 0.3 is 11.9 Å². The van der Waals surface area contributed by atoms with Crippen LogP contribution in [0.3, 0.4) is 0 Å². The Labute approximate surface area is 184 Å². The van der Waals surface area contributed by atoms with Crippen LogP contribution in [0.15, 0.2) is 72.8 Å². The molecule has 156 valence electrons. The summed E-state index contributed by atoms with van der Waals surface area (Å²) in [4.78, 5) is 25.3. The molecule has 0 saturated carbocycles. The Balaban J connectivity index is 1.83. The fourth-order valence-electron chi connectivity index (χ4n) is 3.62. The van der Waals surface area contributed by atoms with Crippen molar-refractivity contribution in [3.63, 3.8) is 0 Å². The van der Waals surface area contributed by atoms with Crippen molar-refractivity contribution in [3.8, 4) is 11.4 Å². The molecule has 0 saturated heterocycles. The minimum atomic E-state index is -0.568. The van der Waals surface area contributed by atoms with Crippen molar-refractivity contribution in [2.75, 3.05) is 6.61 Å². The summed E-state index contributed by atoms with van der Waals surface area (Å²) in [5.41, 5.74) is 3.18. The van der Waals surface area contributed by atoms with E-state index in [0.29, 0.717) is 21.7 Å². The normalized spacial score (nSPS) is 10.8. The fraction of sp³-hybridized carbons (Fsp3) is 0.120. The largest absolute Gasteiger partial charge is 0.462 e. The van der Waals surface area contributed by atoms with E-state index in [2.05, 4.69) is 0 Å². The van der Waals surface area contributed by atoms with Crippen molar-refractivity contribution < 1.29 is 19.1 Å². The molecule has 0 amide bonds. The number of ether oxygens (including phenoxy) is 2. The van der Waals surface area contributed by atoms with Crippen molar-refractivity contribution >= 4 is 34.4 Å². The summed E-state index contributed by atoms with van der Waals surface area (Å²) in [6, 6.07) is 21.6. The maximum Gasteiger partial charge on any atom is 0.345 e. The van der Waals surface area contributed by atoms with Crippen LogP contribution in [0.1, 0.15) is 33.3 Å². The molecule has 0 bridgehead atoms. The van der Waals surface area contributed by atoms with Crippen LogP contribution >= 0.6 is 11.6 Å². The van der Waals surface area contributed by atoms with E-state index in [-0.39, 0.29) is 12.2 Å². The zero-order valence-electron chi connectivity index (χ0n) is 17.1. The molecule has 0 fully saturated rings. The summed E-state index contributed by atoms with van der Waals surface area (Å²) in [5, 5.41) is 0.955. The van der Waals surface area contributed by atoms with Gasteiger partial charge in [0.2, 0.25) is 0 Å². The Morgan fingerprint density at radius 1 is 0.935 bits per heavy atom. The molecule has 3 aromatic carbocycles. The standard InChI is InChI=1S/C25H20ClNO4/c1-3-30-25(29)23-16(2)27(17-9-5-4-6-10-17)22-14-13-18(15-20(22)23)31-24(28)19-11-7-8-12-21(19)26/h4-15H,3H2,1-2H3. The van der Waals surface area contributed by atoms with Gasteiger partial charge in [-0.3, -0.25) is 0 Å². The first kappa shape index (κ1) is 20.7. The van der Waals surface area contributed by atoms with Gasteiger partial charge < -0.3 is 14.0 Å². The van der Waals surface area contributed by atoms with Gasteiger partial charge in [0.25, 0.3) is 0 Å². The molecule has 0 aliphatic heterocycles. The van der Waals surface area contributed by atoms with Gasteiger partial charge in [-0.15, -0.1) is 0 Å². The molecule has 6 heteroatoms. The number of rotatable bonds is 5. The summed E-state index contributed by atoms with van der Waals surface area (Å²) in [7, 11) is 0. The summed E-state index contributed by atoms with van der Waals surface area (Å²) in [6.45, 7) is 3.90. The van der Waals surface area contributed by atoms with Gasteiger partial charge in [-0.2, -0.15) is 0 Å². The molecule has 0 unspecified atom stereocenters. The lowest BCUT2D eigenvalue weighted by molar-refractivity contribution is 0.0527. The molecule has 1 heterocycles. The highest BCUT2D eigenvalue weighted by atomic mass is 35.5. The molecule has 0 N–H and O–H groups in total. The van der Waals surface area contributed by atoms with Crippen molar-refractivity contribution in [3.05, 3.63) is 94.6 Å². The molecule has 31 heavy (non-hydrogen) atoms. The number of esters is 2. The van der Waals surface area contributed by atoms with Crippen LogP contribution in [0, 0.1) is 6.92 Å². The molecule has 0 radical (unpaired) electrons. The van der Waals surface area contributed by atoms with Gasteiger partial charge in [-0.1, -0.05) is 41.9 Å². The van der Waals surface area contributed by atoms with E-state index >= 15 is 0 Å². The topological polar surface area (TPSA) is 57.5 Å². The monoisotopic (exact) mass is 433 g/mol. The highest BCUT2D eigenvalue weighted by Crippen LogP contribution is 2.33. The average molecular weight is 434 g/mol. The van der Waals surface area contributed by atoms with Crippen molar-refractivity contribution in [2.24, 2.45) is 0 Å². The Kier molecular flexibility index (Phi) is 5.78. The van der Waals surface area contributed by atoms with Crippen LogP contribution < -0.4 is 4.74 Å². The van der Waals surface area contributed by atoms with Crippen molar-refractivity contribution in [1.82, 2.24) is 4.57 Å². The van der Waals surface area contributed by atoms with Gasteiger partial charge in [0.1, 0.15) is 5.75 Å². The molecule has 5 nitrogen and oxygen atoms in total. The number of halogens is 1. The molecule has 0 aliphatic rings. The fourth-order valence-corrected chi connectivity index (χ4v) is 3.83. The Morgan fingerprint density at radius 2 is 1.65 bits per heavy atom. The van der Waals surface area contributed by atoms with Gasteiger partial charge in [-0.05, 0) is 56.3 Å². The summed E-state index contributed by atoms with van der Waals surface area (Å²) in [6.07, 6.45) is 0. The van der Waals surface area contributed by atoms with Crippen LogP contribution in [0.5, 0.6) is 5.75 Å². The van der Waals surface area contributed by atoms with Crippen LogP contribution in [0.2, 0.25) is 5.02 Å². The summed E-state index contributed by atoms with van der Waals surface area (Å²) >= 11 is 6.11. The second kappa shape index (κ2) is 8.66. The molecule has 4 aromatic rings. The van der Waals surface area contributed by atoms with Gasteiger partial charge in [0.05, 0.1) is 28.3 Å². The highest BCUT2D eigenvalue weighted by Gasteiger charge is 2.23. The van der Waals surface area contributed by atoms with E-state index in [4.69, 9.17) is 21.1 Å². The molecule has 1 aromatic heterocycles. The third-order valence-corrected chi connectivity index (χ3v) is 5.30. The highest BCUT2D eigenvalue weighted by molar-refractivity contribution is 6.33. The Morgan fingerprint density at radius 3 is 2.35 bits per heavy atom. The Hall–Kier alpha value is -3.57. The average Bonchev–Trinajstić information content (AvgIpc) is 3.06. The van der Waals surface area contributed by atoms with Gasteiger partial charge in [-0.25, -0.2) is 9.59 Å². The zero-order chi connectivity index (χ0) is 22.0. The van der Waals surface area contributed by atoms with Gasteiger partial charge in [0, 0.05) is 16.8 Å². The number of hydrogen-bond acceptors (Lipinski definition) is 4. The number of carbonyl (C=O) groups is 2. The smallest absolute Gasteiger partial charge is 0.345 e. The number of para-hydroxylation sites is 1. The van der Waals surface area contributed by atoms with E-state index < -0.39 is 11.9 Å². The predicted molar refractivity (Wildman–Crippen MR) is 120 cm³/mol. The Bertz CT molecular complexity index is 1280. The summed E-state index contributed by atoms with van der Waals surface area (Å²) in [5.74, 6) is -0.677. The van der Waals surface area contributed by atoms with Crippen LogP contribution in [-0.4, -0.2) is 23.1 Å². The molecule has 0 atom stereocenters. The van der Waals surface area contributed by atoms with Gasteiger partial charge in [0.15, 0.2) is 0 Å². The summed E-state index contributed by atoms with van der Waals surface area (Å²) < 4.78 is 12.8. The first-order valence-corrected chi connectivity index (χ1v) is 10.2. The number of carbonyl (C=O) groups excluding carboxylic acids is 2. The van der Waals surface area contributed by atoms with E-state index in [1.165, 1.54) is 0 Å². The first-order chi connectivity index (χ1) is 15.0. The molecular formula is C25H20ClNO4. The van der Waals surface area contributed by atoms with Crippen molar-refractivity contribution in [1.29, 1.82) is 0 Å². The minimum Gasteiger partial charge on any atom is -0.462 e. The third-order valence-electron chi connectivity index (χ3n) is 4.97. The van der Waals surface area contributed by atoms with Crippen LogP contribution in [-0.2, 0) is 4.74 Å². The van der Waals surface area contributed by atoms with Crippen LogP contribution in [0.25, 0.3) is 16.6 Å². The first-order valence-electron chi connectivity index (χ1n) is 9.85. The second-order valence-electron chi connectivity index (χ2n) is 6.90. The van der Waals surface area contributed by atoms with E-state index in [0.717, 1.165) is 16.9 Å². The molecule has 4 rings (SSSR count). The lowest BCUT2D eigenvalue weighted by Crippen LogP contribution is -2.09. The quantitative estimate of drug-likeness (QED) is 0.286. The predicted octanol–water partition coefficient (Wildman–Crippen LogP) is 5.99. The minimum absolute atomic E-state index is 0.261. The lowest BCUT2D eigenvalue weighted by Gasteiger charge is -2.09. The third kappa shape index (κ3) is 3.92. The van der Waals surface area contributed by atoms with E-state index in [9.17, 15) is 9.59 Å². The molecule has 0 spiro atoms. The number of nitrogens with zero attached hydrogens (tertiary/aromatic N) is 1.